The number of ether oxygens (including phenoxy) is 1. The molecule has 0 amide bonds. The predicted octanol–water partition coefficient (Wildman–Crippen LogP) is 0.967. The van der Waals surface area contributed by atoms with E-state index in [0.717, 1.165) is 18.4 Å². The van der Waals surface area contributed by atoms with Crippen LogP contribution >= 0.6 is 0 Å². The Balaban J connectivity index is 2.12. The van der Waals surface area contributed by atoms with Crippen molar-refractivity contribution in [2.45, 2.75) is 24.9 Å². The zero-order chi connectivity index (χ0) is 13.0. The average molecular weight is 247 g/mol. The lowest BCUT2D eigenvalue weighted by atomic mass is 10.1. The second-order valence-corrected chi connectivity index (χ2v) is 4.26. The minimum Gasteiger partial charge on any atom is -0.467 e. The molecule has 1 unspecified atom stereocenters. The lowest BCUT2D eigenvalue weighted by molar-refractivity contribution is -0.142. The summed E-state index contributed by atoms with van der Waals surface area (Å²) in [5.74, 6) is -0.0908. The molecule has 0 bridgehead atoms. The van der Waals surface area contributed by atoms with E-state index >= 15 is 0 Å². The van der Waals surface area contributed by atoms with Crippen LogP contribution in [0.15, 0.2) is 35.3 Å². The van der Waals surface area contributed by atoms with Crippen molar-refractivity contribution in [3.8, 4) is 0 Å². The zero-order valence-electron chi connectivity index (χ0n) is 10.3. The summed E-state index contributed by atoms with van der Waals surface area (Å²) in [7, 11) is 1.36. The Bertz CT molecular complexity index is 441. The second kappa shape index (κ2) is 5.53. The molecule has 0 radical (unpaired) electrons. The van der Waals surface area contributed by atoms with Crippen LogP contribution in [0, 0.1) is 0 Å². The van der Waals surface area contributed by atoms with Crippen LogP contribution < -0.4 is 11.1 Å². The maximum atomic E-state index is 11.8. The minimum absolute atomic E-state index is 0.289. The van der Waals surface area contributed by atoms with Crippen molar-refractivity contribution in [2.24, 2.45) is 10.7 Å². The average Bonchev–Trinajstić information content (AvgIpc) is 3.20. The number of benzene rings is 1. The summed E-state index contributed by atoms with van der Waals surface area (Å²) < 4.78 is 4.78. The first kappa shape index (κ1) is 12.4. The van der Waals surface area contributed by atoms with Crippen molar-refractivity contribution >= 4 is 11.9 Å². The van der Waals surface area contributed by atoms with Gasteiger partial charge in [-0.2, -0.15) is 0 Å². The largest absolute Gasteiger partial charge is 0.467 e. The van der Waals surface area contributed by atoms with Gasteiger partial charge in [0.25, 0.3) is 0 Å². The summed E-state index contributed by atoms with van der Waals surface area (Å²) in [5.41, 5.74) is 6.58. The minimum atomic E-state index is -0.612. The number of hydrogen-bond donors (Lipinski definition) is 2. The second-order valence-electron chi connectivity index (χ2n) is 4.26. The number of methoxy groups -OCH3 is 1. The van der Waals surface area contributed by atoms with E-state index in [0.29, 0.717) is 6.04 Å². The highest BCUT2D eigenvalue weighted by molar-refractivity contribution is 5.86. The fourth-order valence-electron chi connectivity index (χ4n) is 1.63. The standard InChI is InChI=1S/C13H17N3O2/c1-18-12(17)11(9-5-3-2-4-6-9)16-13(14)15-10-7-8-10/h2-6,10-11H,7-8H2,1H3,(H3,14,15,16). The smallest absolute Gasteiger partial charge is 0.333 e. The monoisotopic (exact) mass is 247 g/mol. The number of hydrogen-bond acceptors (Lipinski definition) is 3. The zero-order valence-corrected chi connectivity index (χ0v) is 10.3. The van der Waals surface area contributed by atoms with Gasteiger partial charge in [0.05, 0.1) is 13.2 Å². The van der Waals surface area contributed by atoms with Crippen LogP contribution in [0.5, 0.6) is 0 Å². The summed E-state index contributed by atoms with van der Waals surface area (Å²) in [6.45, 7) is 0. The van der Waals surface area contributed by atoms with Gasteiger partial charge in [-0.3, -0.25) is 4.99 Å². The molecule has 2 rings (SSSR count). The van der Waals surface area contributed by atoms with Gasteiger partial charge in [-0.05, 0) is 18.4 Å². The van der Waals surface area contributed by atoms with Crippen molar-refractivity contribution in [3.63, 3.8) is 0 Å². The third kappa shape index (κ3) is 3.23. The van der Waals surface area contributed by atoms with Gasteiger partial charge in [0.2, 0.25) is 0 Å². The molecule has 1 aliphatic carbocycles. The predicted molar refractivity (Wildman–Crippen MR) is 69.0 cm³/mol. The summed E-state index contributed by atoms with van der Waals surface area (Å²) in [6, 6.07) is 9.00. The Labute approximate surface area is 106 Å². The molecule has 1 atom stereocenters. The Hall–Kier alpha value is -2.04. The molecule has 0 aromatic heterocycles. The third-order valence-electron chi connectivity index (χ3n) is 2.73. The van der Waals surface area contributed by atoms with Gasteiger partial charge in [-0.1, -0.05) is 30.3 Å². The number of aliphatic imine (C=N–C) groups is 1. The molecule has 0 saturated heterocycles. The number of nitrogens with zero attached hydrogens (tertiary/aromatic N) is 1. The molecule has 96 valence electrons. The topological polar surface area (TPSA) is 76.7 Å². The fourth-order valence-corrected chi connectivity index (χ4v) is 1.63. The van der Waals surface area contributed by atoms with E-state index in [1.54, 1.807) is 0 Å². The first-order valence-electron chi connectivity index (χ1n) is 5.93. The van der Waals surface area contributed by atoms with Crippen molar-refractivity contribution in [3.05, 3.63) is 35.9 Å². The molecule has 5 nitrogen and oxygen atoms in total. The maximum Gasteiger partial charge on any atom is 0.333 e. The van der Waals surface area contributed by atoms with Crippen LogP contribution in [0.4, 0.5) is 0 Å². The highest BCUT2D eigenvalue weighted by Crippen LogP contribution is 2.23. The summed E-state index contributed by atoms with van der Waals surface area (Å²) in [4.78, 5) is 16.0. The van der Waals surface area contributed by atoms with Crippen LogP contribution in [0.25, 0.3) is 0 Å². The molecule has 0 heterocycles. The number of esters is 1. The lowest BCUT2D eigenvalue weighted by Crippen LogP contribution is -2.39. The Morgan fingerprint density at radius 2 is 2.11 bits per heavy atom. The molecule has 3 N–H and O–H groups in total. The molecule has 5 heteroatoms. The Kier molecular flexibility index (Phi) is 3.82. The molecule has 1 fully saturated rings. The van der Waals surface area contributed by atoms with Crippen molar-refractivity contribution in [1.82, 2.24) is 5.32 Å². The first-order valence-corrected chi connectivity index (χ1v) is 5.93. The number of nitrogens with two attached hydrogens (primary N) is 1. The number of rotatable bonds is 4. The lowest BCUT2D eigenvalue weighted by Gasteiger charge is -2.17. The molecule has 1 aromatic carbocycles. The summed E-state index contributed by atoms with van der Waals surface area (Å²) >= 11 is 0. The molecular formula is C13H17N3O2. The van der Waals surface area contributed by atoms with Crippen LogP contribution in [0.1, 0.15) is 24.4 Å². The molecule has 1 aliphatic rings. The molecular weight excluding hydrogens is 230 g/mol. The van der Waals surface area contributed by atoms with Crippen LogP contribution in [-0.4, -0.2) is 25.1 Å². The first-order chi connectivity index (χ1) is 8.70. The van der Waals surface area contributed by atoms with E-state index in [4.69, 9.17) is 10.5 Å². The number of carbonyl (C=O) groups is 1. The van der Waals surface area contributed by atoms with Gasteiger partial charge in [0.15, 0.2) is 12.0 Å². The highest BCUT2D eigenvalue weighted by Gasteiger charge is 2.24. The van der Waals surface area contributed by atoms with E-state index in [9.17, 15) is 4.79 Å². The number of guanidine groups is 1. The molecule has 0 aliphatic heterocycles. The molecule has 1 saturated carbocycles. The van der Waals surface area contributed by atoms with Gasteiger partial charge in [0.1, 0.15) is 0 Å². The van der Waals surface area contributed by atoms with Gasteiger partial charge >= 0.3 is 5.97 Å². The van der Waals surface area contributed by atoms with Gasteiger partial charge in [0, 0.05) is 0 Å². The van der Waals surface area contributed by atoms with Gasteiger partial charge < -0.3 is 15.8 Å². The quantitative estimate of drug-likeness (QED) is 0.472. The Morgan fingerprint density at radius 3 is 2.67 bits per heavy atom. The van der Waals surface area contributed by atoms with E-state index in [1.807, 2.05) is 30.3 Å². The van der Waals surface area contributed by atoms with Crippen LogP contribution in [0.3, 0.4) is 0 Å². The number of nitrogens with one attached hydrogen (secondary N) is 1. The normalized spacial score (nSPS) is 17.1. The van der Waals surface area contributed by atoms with E-state index in [1.165, 1.54) is 7.11 Å². The van der Waals surface area contributed by atoms with Crippen molar-refractivity contribution < 1.29 is 9.53 Å². The van der Waals surface area contributed by atoms with E-state index < -0.39 is 6.04 Å². The van der Waals surface area contributed by atoms with Gasteiger partial charge in [-0.15, -0.1) is 0 Å². The molecule has 0 spiro atoms. The third-order valence-corrected chi connectivity index (χ3v) is 2.73. The van der Waals surface area contributed by atoms with Gasteiger partial charge in [-0.25, -0.2) is 4.79 Å². The molecule has 1 aromatic rings. The van der Waals surface area contributed by atoms with E-state index in [-0.39, 0.29) is 11.9 Å². The van der Waals surface area contributed by atoms with Crippen molar-refractivity contribution in [1.29, 1.82) is 0 Å². The van der Waals surface area contributed by atoms with Crippen LogP contribution in [0.2, 0.25) is 0 Å². The number of carbonyl (C=O) groups excluding carboxylic acids is 1. The molecule has 18 heavy (non-hydrogen) atoms. The summed E-state index contributed by atoms with van der Waals surface area (Å²) in [5, 5.41) is 2.91. The fraction of sp³-hybridized carbons (Fsp3) is 0.385. The van der Waals surface area contributed by atoms with Crippen molar-refractivity contribution in [2.75, 3.05) is 7.11 Å². The van der Waals surface area contributed by atoms with E-state index in [2.05, 4.69) is 10.3 Å². The van der Waals surface area contributed by atoms with Crippen LogP contribution in [-0.2, 0) is 9.53 Å². The Morgan fingerprint density at radius 1 is 1.44 bits per heavy atom. The highest BCUT2D eigenvalue weighted by atomic mass is 16.5. The SMILES string of the molecule is COC(=O)C(NC(N)=NC1CC1)c1ccccc1. The maximum absolute atomic E-state index is 11.8. The summed E-state index contributed by atoms with van der Waals surface area (Å²) in [6.07, 6.45) is 2.13.